The van der Waals surface area contributed by atoms with E-state index in [0.29, 0.717) is 28.3 Å². The number of hydrogen-bond donors (Lipinski definition) is 0. The third kappa shape index (κ3) is 2.64. The second kappa shape index (κ2) is 5.54. The van der Waals surface area contributed by atoms with Crippen molar-refractivity contribution in [2.24, 2.45) is 5.92 Å². The molecule has 1 aromatic heterocycles. The molecule has 2 rings (SSSR count). The molecule has 0 radical (unpaired) electrons. The molecule has 0 bridgehead atoms. The lowest BCUT2D eigenvalue weighted by Gasteiger charge is -2.16. The molecule has 0 N–H and O–H groups in total. The molecule has 6 nitrogen and oxygen atoms in total. The van der Waals surface area contributed by atoms with Crippen molar-refractivity contribution in [1.29, 1.82) is 0 Å². The standard InChI is InChI=1S/C11H11Br2N3O3/c1-6-8(13)4-14-11(10(6)16(18)19)15-5-7(3-12)2-9(15)17/h4,7H,2-3,5H2,1H3. The highest BCUT2D eigenvalue weighted by atomic mass is 79.9. The number of aromatic nitrogens is 1. The number of nitrogens with zero attached hydrogens (tertiary/aromatic N) is 3. The van der Waals surface area contributed by atoms with Crippen molar-refractivity contribution < 1.29 is 9.72 Å². The van der Waals surface area contributed by atoms with Crippen molar-refractivity contribution in [2.45, 2.75) is 13.3 Å². The molecular weight excluding hydrogens is 382 g/mol. The number of amides is 1. The van der Waals surface area contributed by atoms with E-state index in [1.54, 1.807) is 6.92 Å². The summed E-state index contributed by atoms with van der Waals surface area (Å²) in [5.41, 5.74) is 0.364. The fourth-order valence-corrected chi connectivity index (χ4v) is 2.79. The lowest BCUT2D eigenvalue weighted by atomic mass is 10.2. The van der Waals surface area contributed by atoms with Gasteiger partial charge in [-0.2, -0.15) is 0 Å². The first-order valence-electron chi connectivity index (χ1n) is 5.61. The van der Waals surface area contributed by atoms with Gasteiger partial charge >= 0.3 is 5.69 Å². The molecule has 1 atom stereocenters. The van der Waals surface area contributed by atoms with Gasteiger partial charge in [0.15, 0.2) is 0 Å². The molecule has 1 aromatic rings. The minimum Gasteiger partial charge on any atom is -0.291 e. The molecule has 0 saturated carbocycles. The molecule has 102 valence electrons. The predicted molar refractivity (Wildman–Crippen MR) is 77.6 cm³/mol. The quantitative estimate of drug-likeness (QED) is 0.450. The predicted octanol–water partition coefficient (Wildman–Crippen LogP) is 2.81. The lowest BCUT2D eigenvalue weighted by Crippen LogP contribution is -2.26. The van der Waals surface area contributed by atoms with Crippen LogP contribution in [0.25, 0.3) is 0 Å². The van der Waals surface area contributed by atoms with Crippen LogP contribution in [0.1, 0.15) is 12.0 Å². The van der Waals surface area contributed by atoms with Crippen molar-refractivity contribution in [3.05, 3.63) is 26.3 Å². The number of halogens is 2. The van der Waals surface area contributed by atoms with Crippen LogP contribution in [0.15, 0.2) is 10.7 Å². The van der Waals surface area contributed by atoms with Crippen molar-refractivity contribution in [2.75, 3.05) is 16.8 Å². The molecule has 1 aliphatic heterocycles. The zero-order chi connectivity index (χ0) is 14.2. The Morgan fingerprint density at radius 1 is 1.63 bits per heavy atom. The van der Waals surface area contributed by atoms with Crippen LogP contribution in [0.2, 0.25) is 0 Å². The summed E-state index contributed by atoms with van der Waals surface area (Å²) in [4.78, 5) is 28.1. The van der Waals surface area contributed by atoms with Crippen molar-refractivity contribution in [1.82, 2.24) is 4.98 Å². The van der Waals surface area contributed by atoms with Crippen LogP contribution in [0.5, 0.6) is 0 Å². The molecule has 1 amide bonds. The molecule has 1 saturated heterocycles. The number of carbonyl (C=O) groups excluding carboxylic acids is 1. The van der Waals surface area contributed by atoms with Gasteiger partial charge in [0.1, 0.15) is 0 Å². The van der Waals surface area contributed by atoms with Gasteiger partial charge in [-0.1, -0.05) is 15.9 Å². The largest absolute Gasteiger partial charge is 0.316 e. The summed E-state index contributed by atoms with van der Waals surface area (Å²) >= 11 is 6.56. The number of carbonyl (C=O) groups is 1. The Morgan fingerprint density at radius 3 is 2.84 bits per heavy atom. The number of pyridine rings is 1. The molecule has 2 heterocycles. The summed E-state index contributed by atoms with van der Waals surface area (Å²) in [6.07, 6.45) is 1.88. The second-order valence-electron chi connectivity index (χ2n) is 4.39. The highest BCUT2D eigenvalue weighted by molar-refractivity contribution is 9.10. The highest BCUT2D eigenvalue weighted by Crippen LogP contribution is 2.36. The minimum atomic E-state index is -0.489. The van der Waals surface area contributed by atoms with Crippen LogP contribution in [0.3, 0.4) is 0 Å². The maximum Gasteiger partial charge on any atom is 0.316 e. The maximum atomic E-state index is 11.9. The average molecular weight is 393 g/mol. The van der Waals surface area contributed by atoms with E-state index in [1.165, 1.54) is 11.1 Å². The SMILES string of the molecule is Cc1c(Br)cnc(N2CC(CBr)CC2=O)c1[N+](=O)[O-]. The first-order chi connectivity index (χ1) is 8.95. The Hall–Kier alpha value is -1.02. The van der Waals surface area contributed by atoms with E-state index >= 15 is 0 Å². The number of nitro groups is 1. The summed E-state index contributed by atoms with van der Waals surface area (Å²) in [5, 5.41) is 11.9. The van der Waals surface area contributed by atoms with E-state index in [2.05, 4.69) is 36.8 Å². The Kier molecular flexibility index (Phi) is 4.19. The van der Waals surface area contributed by atoms with Crippen molar-refractivity contribution in [3.8, 4) is 0 Å². The zero-order valence-electron chi connectivity index (χ0n) is 10.1. The van der Waals surface area contributed by atoms with E-state index in [9.17, 15) is 14.9 Å². The Labute approximate surface area is 126 Å². The van der Waals surface area contributed by atoms with E-state index in [-0.39, 0.29) is 23.3 Å². The van der Waals surface area contributed by atoms with Gasteiger partial charge in [0.2, 0.25) is 11.7 Å². The third-order valence-corrected chi connectivity index (χ3v) is 4.80. The van der Waals surface area contributed by atoms with Crippen LogP contribution in [0, 0.1) is 23.0 Å². The summed E-state index contributed by atoms with van der Waals surface area (Å²) < 4.78 is 0.562. The number of hydrogen-bond acceptors (Lipinski definition) is 4. The Bertz CT molecular complexity index is 550. The van der Waals surface area contributed by atoms with Crippen LogP contribution in [0.4, 0.5) is 11.5 Å². The van der Waals surface area contributed by atoms with Crippen LogP contribution in [-0.4, -0.2) is 27.7 Å². The third-order valence-electron chi connectivity index (χ3n) is 3.09. The Morgan fingerprint density at radius 2 is 2.32 bits per heavy atom. The van der Waals surface area contributed by atoms with E-state index in [0.717, 1.165) is 0 Å². The van der Waals surface area contributed by atoms with E-state index in [1.807, 2.05) is 0 Å². The number of rotatable bonds is 3. The first kappa shape index (κ1) is 14.4. The van der Waals surface area contributed by atoms with Crippen LogP contribution in [-0.2, 0) is 4.79 Å². The summed E-state index contributed by atoms with van der Waals surface area (Å²) in [7, 11) is 0. The van der Waals surface area contributed by atoms with Gasteiger partial charge in [0, 0.05) is 34.5 Å². The lowest BCUT2D eigenvalue weighted by molar-refractivity contribution is -0.384. The molecule has 19 heavy (non-hydrogen) atoms. The summed E-state index contributed by atoms with van der Waals surface area (Å²) in [5.74, 6) is 0.179. The molecule has 1 fully saturated rings. The topological polar surface area (TPSA) is 76.3 Å². The van der Waals surface area contributed by atoms with E-state index < -0.39 is 4.92 Å². The second-order valence-corrected chi connectivity index (χ2v) is 5.89. The van der Waals surface area contributed by atoms with Gasteiger partial charge in [-0.15, -0.1) is 0 Å². The van der Waals surface area contributed by atoms with Gasteiger partial charge in [0.25, 0.3) is 0 Å². The highest BCUT2D eigenvalue weighted by Gasteiger charge is 2.35. The average Bonchev–Trinajstić information content (AvgIpc) is 2.73. The molecule has 0 aliphatic carbocycles. The zero-order valence-corrected chi connectivity index (χ0v) is 13.3. The van der Waals surface area contributed by atoms with Gasteiger partial charge in [0.05, 0.1) is 4.92 Å². The minimum absolute atomic E-state index is 0.113. The van der Waals surface area contributed by atoms with Crippen molar-refractivity contribution in [3.63, 3.8) is 0 Å². The van der Waals surface area contributed by atoms with Crippen LogP contribution >= 0.6 is 31.9 Å². The fourth-order valence-electron chi connectivity index (χ4n) is 2.06. The van der Waals surface area contributed by atoms with E-state index in [4.69, 9.17) is 0 Å². The van der Waals surface area contributed by atoms with Crippen molar-refractivity contribution >= 4 is 49.3 Å². The molecular formula is C11H11Br2N3O3. The van der Waals surface area contributed by atoms with Gasteiger partial charge < -0.3 is 0 Å². The Balaban J connectivity index is 2.49. The first-order valence-corrected chi connectivity index (χ1v) is 7.53. The summed E-state index contributed by atoms with van der Waals surface area (Å²) in [6, 6.07) is 0. The number of anilines is 1. The molecule has 1 unspecified atom stereocenters. The van der Waals surface area contributed by atoms with Gasteiger partial charge in [-0.05, 0) is 28.8 Å². The monoisotopic (exact) mass is 391 g/mol. The van der Waals surface area contributed by atoms with Gasteiger partial charge in [-0.3, -0.25) is 19.8 Å². The fraction of sp³-hybridized carbons (Fsp3) is 0.455. The number of alkyl halides is 1. The van der Waals surface area contributed by atoms with Crippen LogP contribution < -0.4 is 4.90 Å². The molecule has 1 aliphatic rings. The molecule has 8 heteroatoms. The van der Waals surface area contributed by atoms with Gasteiger partial charge in [-0.25, -0.2) is 4.98 Å². The normalized spacial score (nSPS) is 19.0. The summed E-state index contributed by atoms with van der Waals surface area (Å²) in [6.45, 7) is 2.09. The maximum absolute atomic E-state index is 11.9. The molecule has 0 spiro atoms. The molecule has 0 aromatic carbocycles. The smallest absolute Gasteiger partial charge is 0.291 e.